The Morgan fingerprint density at radius 2 is 1.25 bits per heavy atom. The van der Waals surface area contributed by atoms with Gasteiger partial charge in [-0.1, -0.05) is 196 Å². The van der Waals surface area contributed by atoms with Gasteiger partial charge in [-0.2, -0.15) is 18.2 Å². The molecule has 16 rings (SSSR count). The minimum atomic E-state index is -4.50. The molecule has 10 aromatic carbocycles. The summed E-state index contributed by atoms with van der Waals surface area (Å²) in [5, 5.41) is 3.79. The molecule has 14 aromatic rings. The van der Waals surface area contributed by atoms with Crippen LogP contribution in [0, 0.1) is 18.5 Å². The Hall–Kier alpha value is -9.09. The molecule has 5 heterocycles. The van der Waals surface area contributed by atoms with E-state index >= 15 is 0 Å². The molecule has 0 fully saturated rings. The number of aromatic nitrogens is 4. The largest absolute Gasteiger partial charge is 0.510 e. The van der Waals surface area contributed by atoms with Gasteiger partial charge in [0, 0.05) is 77.0 Å². The summed E-state index contributed by atoms with van der Waals surface area (Å²) in [7, 11) is 0. The van der Waals surface area contributed by atoms with Crippen molar-refractivity contribution >= 4 is 54.8 Å². The van der Waals surface area contributed by atoms with Crippen LogP contribution in [0.1, 0.15) is 130 Å². The third-order valence-corrected chi connectivity index (χ3v) is 17.2. The van der Waals surface area contributed by atoms with Crippen molar-refractivity contribution in [3.8, 4) is 84.3 Å². The monoisotopic (exact) mass is 1350 g/mol. The van der Waals surface area contributed by atoms with Gasteiger partial charge in [-0.05, 0) is 172 Å². The Kier molecular flexibility index (Phi) is 8.98. The van der Waals surface area contributed by atoms with Crippen molar-refractivity contribution < 1.29 is 60.8 Å². The van der Waals surface area contributed by atoms with Gasteiger partial charge in [0.2, 0.25) is 0 Å². The molecule has 1 aliphatic heterocycles. The average molecular weight is 1360 g/mol. The molecule has 6 nitrogen and oxygen atoms in total. The van der Waals surface area contributed by atoms with E-state index in [0.29, 0.717) is 67.3 Å². The van der Waals surface area contributed by atoms with Crippen LogP contribution < -0.4 is 9.30 Å². The summed E-state index contributed by atoms with van der Waals surface area (Å²) >= 11 is 0. The molecule has 0 spiro atoms. The molecule has 0 N–H and O–H groups in total. The van der Waals surface area contributed by atoms with Crippen LogP contribution in [0.2, 0.25) is 0 Å². The van der Waals surface area contributed by atoms with Gasteiger partial charge in [0.15, 0.2) is 0 Å². The number of fused-ring (bicyclic) bond motifs is 14. The van der Waals surface area contributed by atoms with Gasteiger partial charge in [0.1, 0.15) is 17.0 Å². The fourth-order valence-corrected chi connectivity index (χ4v) is 12.9. The van der Waals surface area contributed by atoms with Crippen LogP contribution in [0.5, 0.6) is 11.5 Å². The number of pyridine rings is 1. The van der Waals surface area contributed by atoms with Crippen molar-refractivity contribution in [1.29, 1.82) is 0 Å². The summed E-state index contributed by atoms with van der Waals surface area (Å²) in [6.07, 6.45) is -3.34. The molecule has 7 heteroatoms. The predicted molar refractivity (Wildman–Crippen MR) is 361 cm³/mol. The Morgan fingerprint density at radius 1 is 0.562 bits per heavy atom. The zero-order chi connectivity index (χ0) is 76.4. The summed E-state index contributed by atoms with van der Waals surface area (Å²) in [6, 6.07) is 61.6. The molecule has 1 aliphatic carbocycles. The normalized spacial score (nSPS) is 19.0. The van der Waals surface area contributed by atoms with Gasteiger partial charge in [0.05, 0.1) is 20.8 Å². The first-order valence-corrected chi connectivity index (χ1v) is 29.3. The minimum Gasteiger partial charge on any atom is -0.510 e. The van der Waals surface area contributed by atoms with Crippen LogP contribution in [0.3, 0.4) is 0 Å². The van der Waals surface area contributed by atoms with E-state index in [1.807, 2.05) is 143 Å². The number of ether oxygens (including phenoxy) is 1. The predicted octanol–water partition coefficient (Wildman–Crippen LogP) is 21.1. The van der Waals surface area contributed by atoms with E-state index in [4.69, 9.17) is 30.6 Å². The number of para-hydroxylation sites is 3. The van der Waals surface area contributed by atoms with Gasteiger partial charge >= 0.3 is 0 Å². The second kappa shape index (κ2) is 20.5. The zero-order valence-corrected chi connectivity index (χ0v) is 51.6. The maximum atomic E-state index is 10.3. The minimum absolute atomic E-state index is 0. The Balaban J connectivity index is 0.00000930. The molecule has 89 heavy (non-hydrogen) atoms. The van der Waals surface area contributed by atoms with E-state index in [1.165, 1.54) is 6.07 Å². The fourth-order valence-electron chi connectivity index (χ4n) is 12.9. The molecule has 0 saturated carbocycles. The molecule has 4 aromatic heterocycles. The van der Waals surface area contributed by atoms with E-state index in [0.717, 1.165) is 71.8 Å². The maximum absolute atomic E-state index is 10.3. The number of nitrogens with zero attached hydrogens (tertiary/aromatic N) is 4. The van der Waals surface area contributed by atoms with Crippen LogP contribution in [-0.2, 0) is 42.7 Å². The molecule has 0 atom stereocenters. The summed E-state index contributed by atoms with van der Waals surface area (Å²) in [4.78, 5) is 4.88. The van der Waals surface area contributed by atoms with Crippen molar-refractivity contribution in [2.24, 2.45) is 0 Å². The van der Waals surface area contributed by atoms with Gasteiger partial charge in [-0.3, -0.25) is 4.57 Å². The Morgan fingerprint density at radius 3 is 2.06 bits per heavy atom. The molecule has 2 aliphatic rings. The molecular formula is C82H68N4O2Pt-2. The standard InChI is InChI=1S/C82H68N4O2.Pt/c1-79(2,3)54-37-40-83-76(46-54)86-71-27-15-13-23-61(71)62-34-32-57(48-72(62)86)87-56-20-17-19-55(47-56)84-49-85-77-64(25-18-26-69(77)80(4,5)6)65-41-50(52-30-35-68-70(44-52)82(9,10)39-38-81(68,7)8)29-33-60(65)58-21-11-12-22-59(58)67-43-53(45-73(84)78(67)85)51-31-36-75-66(42-51)63-24-14-16-28-74(63)88-75;/h11-37,40-46H,38-39H2,1-10H3;/q-2;/i7D3,8D3,9D3,10D3,30D,35D,38D2,39D2,44D;. The molecule has 0 amide bonds. The van der Waals surface area contributed by atoms with E-state index in [-0.39, 0.29) is 32.0 Å². The number of hydrogen-bond acceptors (Lipinski definition) is 3. The number of rotatable bonds is 6. The van der Waals surface area contributed by atoms with Crippen molar-refractivity contribution in [2.75, 3.05) is 0 Å². The van der Waals surface area contributed by atoms with Crippen molar-refractivity contribution in [3.05, 3.63) is 247 Å². The fraction of sp³-hybridized carbons (Fsp3) is 0.195. The van der Waals surface area contributed by atoms with Crippen LogP contribution in [0.15, 0.2) is 211 Å². The van der Waals surface area contributed by atoms with Crippen LogP contribution in [-0.4, -0.2) is 14.1 Å². The number of hydrogen-bond donors (Lipinski definition) is 0. The SMILES string of the molecule is [2H]c1c([2H])c2c(c([2H])c1-c1ccc3c(c1)-c1cccc(C(C)(C)C)c1-[n+]1[c-]n(-c4[c-]c(Oc5[c-]c6c(cc5)c5ccccc5n6-c5cc(C(C)(C)C)ccn5)ccc4)c4cc(-c5ccc6oc7ccccc7c6c5)cc(c41)-c1ccccc1-3)C(C([2H])([2H])[2H])(C([2H])([2H])[2H])C([2H])([2H])C([2H])([2H])C2(C([2H])([2H])[2H])C([2H])([2H])[2H].[Pt]. The molecule has 0 unspecified atom stereocenters. The van der Waals surface area contributed by atoms with Crippen LogP contribution in [0.4, 0.5) is 0 Å². The topological polar surface area (TPSA) is 49.0 Å². The van der Waals surface area contributed by atoms with Gasteiger partial charge in [-0.25, -0.2) is 4.98 Å². The van der Waals surface area contributed by atoms with E-state index in [9.17, 15) is 9.60 Å². The molecule has 440 valence electrons. The molecular weight excluding hydrogens is 1270 g/mol. The third-order valence-electron chi connectivity index (χ3n) is 17.2. The van der Waals surface area contributed by atoms with Gasteiger partial charge < -0.3 is 18.3 Å². The number of furan rings is 1. The second-order valence-electron chi connectivity index (χ2n) is 25.1. The molecule has 0 radical (unpaired) electrons. The van der Waals surface area contributed by atoms with Crippen LogP contribution >= 0.6 is 0 Å². The smallest absolute Gasteiger partial charge is 0.268 e. The zero-order valence-electron chi connectivity index (χ0n) is 68.3. The third kappa shape index (κ3) is 9.23. The Labute approximate surface area is 562 Å². The van der Waals surface area contributed by atoms with Crippen molar-refractivity contribution in [3.63, 3.8) is 0 Å². The second-order valence-corrected chi connectivity index (χ2v) is 25.1. The van der Waals surface area contributed by atoms with Crippen molar-refractivity contribution in [1.82, 2.24) is 14.1 Å². The van der Waals surface area contributed by atoms with Gasteiger partial charge in [0.25, 0.3) is 6.33 Å². The average Bonchev–Trinajstić information content (AvgIpc) is 0.757. The first kappa shape index (κ1) is 39.0. The molecule has 0 bridgehead atoms. The van der Waals surface area contributed by atoms with Gasteiger partial charge in [-0.15, -0.1) is 29.7 Å². The van der Waals surface area contributed by atoms with Crippen molar-refractivity contribution in [2.45, 2.75) is 103 Å². The summed E-state index contributed by atoms with van der Waals surface area (Å²) in [6.45, 7) is -4.24. The number of benzene rings is 10. The first-order chi connectivity index (χ1) is 50.2. The van der Waals surface area contributed by atoms with E-state index < -0.39 is 91.2 Å². The number of imidazole rings is 1. The maximum Gasteiger partial charge on any atom is 0.268 e. The Bertz CT molecular complexity index is 6080. The first-order valence-electron chi connectivity index (χ1n) is 38.8. The summed E-state index contributed by atoms with van der Waals surface area (Å²) < 4.78 is 195. The molecule has 0 saturated heterocycles. The summed E-state index contributed by atoms with van der Waals surface area (Å²) in [5.74, 6) is 1.48. The summed E-state index contributed by atoms with van der Waals surface area (Å²) in [5.41, 5.74) is -0.546. The van der Waals surface area contributed by atoms with E-state index in [2.05, 4.69) is 101 Å². The quantitative estimate of drug-likeness (QED) is 0.123. The van der Waals surface area contributed by atoms with E-state index in [1.54, 1.807) is 12.1 Å². The van der Waals surface area contributed by atoms with Crippen LogP contribution in [0.25, 0.3) is 128 Å².